The van der Waals surface area contributed by atoms with Crippen molar-refractivity contribution in [3.8, 4) is 0 Å². The van der Waals surface area contributed by atoms with Crippen molar-refractivity contribution in [2.45, 2.75) is 6.18 Å². The molecule has 0 aliphatic rings. The summed E-state index contributed by atoms with van der Waals surface area (Å²) < 4.78 is 38.5. The maximum Gasteiger partial charge on any atom is 0.431 e. The molecule has 3 nitrogen and oxygen atoms in total. The average Bonchev–Trinajstić information content (AvgIpc) is 2.36. The average molecular weight is 345 g/mol. The van der Waals surface area contributed by atoms with Gasteiger partial charge in [-0.05, 0) is 29.8 Å². The third kappa shape index (κ3) is 3.80. The highest BCUT2D eigenvalue weighted by atomic mass is 79.9. The van der Waals surface area contributed by atoms with Crippen molar-refractivity contribution in [1.82, 2.24) is 9.97 Å². The van der Waals surface area contributed by atoms with Crippen LogP contribution in [0.3, 0.4) is 0 Å². The van der Waals surface area contributed by atoms with Gasteiger partial charge in [0.1, 0.15) is 5.69 Å². The van der Waals surface area contributed by atoms with Crippen LogP contribution >= 0.6 is 15.9 Å². The summed E-state index contributed by atoms with van der Waals surface area (Å²) in [6.07, 6.45) is -1.68. The third-order valence-corrected chi connectivity index (χ3v) is 2.92. The molecule has 0 spiro atoms. The van der Waals surface area contributed by atoms with E-state index in [1.807, 2.05) is 0 Å². The zero-order valence-electron chi connectivity index (χ0n) is 9.91. The summed E-state index contributed by atoms with van der Waals surface area (Å²) >= 11 is 3.28. The van der Waals surface area contributed by atoms with Gasteiger partial charge in [-0.3, -0.25) is 0 Å². The monoisotopic (exact) mass is 344 g/mol. The molecule has 0 saturated carbocycles. The molecule has 20 heavy (non-hydrogen) atoms. The Morgan fingerprint density at radius 1 is 1.15 bits per heavy atom. The summed E-state index contributed by atoms with van der Waals surface area (Å²) in [5.41, 5.74) is -1.42. The molecule has 0 saturated heterocycles. The van der Waals surface area contributed by atoms with Crippen LogP contribution < -0.4 is 5.69 Å². The minimum atomic E-state index is -4.61. The van der Waals surface area contributed by atoms with Crippen LogP contribution in [0.2, 0.25) is 0 Å². The van der Waals surface area contributed by atoms with Crippen LogP contribution in [-0.4, -0.2) is 9.97 Å². The zero-order valence-corrected chi connectivity index (χ0v) is 11.5. The normalized spacial score (nSPS) is 12.0. The second kappa shape index (κ2) is 5.62. The molecule has 0 bridgehead atoms. The molecule has 2 rings (SSSR count). The Balaban J connectivity index is 2.32. The van der Waals surface area contributed by atoms with Crippen molar-refractivity contribution in [3.63, 3.8) is 0 Å². The third-order valence-electron chi connectivity index (χ3n) is 2.39. The van der Waals surface area contributed by atoms with Crippen LogP contribution in [0.4, 0.5) is 13.2 Å². The molecule has 0 atom stereocenters. The summed E-state index contributed by atoms with van der Waals surface area (Å²) in [6.45, 7) is 0. The highest BCUT2D eigenvalue weighted by Gasteiger charge is 2.32. The Kier molecular flexibility index (Phi) is 4.08. The topological polar surface area (TPSA) is 45.8 Å². The van der Waals surface area contributed by atoms with E-state index in [-0.39, 0.29) is 5.69 Å². The van der Waals surface area contributed by atoms with Crippen molar-refractivity contribution in [2.75, 3.05) is 0 Å². The van der Waals surface area contributed by atoms with E-state index in [2.05, 4.69) is 20.9 Å². The maximum atomic E-state index is 12.5. The van der Waals surface area contributed by atoms with Crippen molar-refractivity contribution in [2.24, 2.45) is 0 Å². The van der Waals surface area contributed by atoms with Gasteiger partial charge in [0.2, 0.25) is 0 Å². The highest BCUT2D eigenvalue weighted by Crippen LogP contribution is 2.27. The Morgan fingerprint density at radius 3 is 2.40 bits per heavy atom. The summed E-state index contributed by atoms with van der Waals surface area (Å²) in [5, 5.41) is 0. The van der Waals surface area contributed by atoms with Gasteiger partial charge in [0.05, 0.1) is 5.69 Å². The number of hydrogen-bond acceptors (Lipinski definition) is 2. The summed E-state index contributed by atoms with van der Waals surface area (Å²) in [7, 11) is 0. The van der Waals surface area contributed by atoms with Crippen LogP contribution in [0.25, 0.3) is 12.2 Å². The van der Waals surface area contributed by atoms with Crippen molar-refractivity contribution >= 4 is 28.1 Å². The molecule has 0 fully saturated rings. The molecule has 1 heterocycles. The van der Waals surface area contributed by atoms with Gasteiger partial charge in [-0.15, -0.1) is 0 Å². The molecule has 0 radical (unpaired) electrons. The summed E-state index contributed by atoms with van der Waals surface area (Å²) in [4.78, 5) is 16.2. The Bertz CT molecular complexity index is 690. The van der Waals surface area contributed by atoms with Crippen LogP contribution in [-0.2, 0) is 6.18 Å². The van der Waals surface area contributed by atoms with E-state index in [0.29, 0.717) is 0 Å². The van der Waals surface area contributed by atoms with Crippen LogP contribution in [0, 0.1) is 0 Å². The molecule has 1 aromatic carbocycles. The molecule has 7 heteroatoms. The van der Waals surface area contributed by atoms with Gasteiger partial charge in [-0.2, -0.15) is 18.2 Å². The number of halogens is 4. The first-order valence-corrected chi connectivity index (χ1v) is 6.26. The molecule has 104 valence electrons. The molecule has 0 aliphatic carbocycles. The lowest BCUT2D eigenvalue weighted by molar-refractivity contribution is -0.141. The zero-order chi connectivity index (χ0) is 14.8. The van der Waals surface area contributed by atoms with E-state index in [1.165, 1.54) is 6.08 Å². The lowest BCUT2D eigenvalue weighted by Gasteiger charge is -2.05. The number of rotatable bonds is 2. The number of nitrogens with zero attached hydrogens (tertiary/aromatic N) is 1. The van der Waals surface area contributed by atoms with E-state index in [9.17, 15) is 18.0 Å². The first-order valence-electron chi connectivity index (χ1n) is 5.47. The van der Waals surface area contributed by atoms with Crippen molar-refractivity contribution in [1.29, 1.82) is 0 Å². The fourth-order valence-electron chi connectivity index (χ4n) is 1.47. The number of H-pyrrole nitrogens is 1. The predicted octanol–water partition coefficient (Wildman–Crippen LogP) is 3.72. The number of benzene rings is 1. The molecular weight excluding hydrogens is 337 g/mol. The second-order valence-electron chi connectivity index (χ2n) is 3.91. The minimum Gasteiger partial charge on any atom is -0.302 e. The Hall–Kier alpha value is -1.89. The number of alkyl halides is 3. The standard InChI is InChI=1S/C13H8BrF3N2O/c14-9-4-1-8(2-5-9)3-6-10-7-11(13(15,16)17)19-12(20)18-10/h1-7H,(H,18,19,20)/b6-3+. The first kappa shape index (κ1) is 14.5. The Labute approximate surface area is 120 Å². The van der Waals surface area contributed by atoms with Crippen LogP contribution in [0.5, 0.6) is 0 Å². The lowest BCUT2D eigenvalue weighted by Crippen LogP contribution is -2.19. The molecular formula is C13H8BrF3N2O. The van der Waals surface area contributed by atoms with Gasteiger partial charge < -0.3 is 4.98 Å². The lowest BCUT2D eigenvalue weighted by atomic mass is 10.2. The van der Waals surface area contributed by atoms with E-state index in [1.54, 1.807) is 35.3 Å². The second-order valence-corrected chi connectivity index (χ2v) is 4.82. The molecule has 2 aromatic rings. The first-order chi connectivity index (χ1) is 9.34. The van der Waals surface area contributed by atoms with Crippen molar-refractivity contribution < 1.29 is 13.2 Å². The van der Waals surface area contributed by atoms with Crippen molar-refractivity contribution in [3.05, 3.63) is 62.2 Å². The smallest absolute Gasteiger partial charge is 0.302 e. The van der Waals surface area contributed by atoms with Gasteiger partial charge in [0.15, 0.2) is 0 Å². The van der Waals surface area contributed by atoms with E-state index < -0.39 is 17.6 Å². The largest absolute Gasteiger partial charge is 0.431 e. The maximum absolute atomic E-state index is 12.5. The van der Waals surface area contributed by atoms with Gasteiger partial charge in [-0.1, -0.05) is 34.1 Å². The number of aromatic amines is 1. The quantitative estimate of drug-likeness (QED) is 0.902. The number of aromatic nitrogens is 2. The highest BCUT2D eigenvalue weighted by molar-refractivity contribution is 9.10. The van der Waals surface area contributed by atoms with E-state index in [0.717, 1.165) is 16.1 Å². The predicted molar refractivity (Wildman–Crippen MR) is 72.9 cm³/mol. The molecule has 0 unspecified atom stereocenters. The molecule has 0 amide bonds. The molecule has 1 aromatic heterocycles. The number of hydrogen-bond donors (Lipinski definition) is 1. The Morgan fingerprint density at radius 2 is 1.80 bits per heavy atom. The van der Waals surface area contributed by atoms with Gasteiger partial charge >= 0.3 is 11.9 Å². The van der Waals surface area contributed by atoms with Gasteiger partial charge in [0, 0.05) is 4.47 Å². The SMILES string of the molecule is O=c1nc(/C=C/c2ccc(Br)cc2)cc(C(F)(F)F)[nH]1. The minimum absolute atomic E-state index is 0.0519. The number of nitrogens with one attached hydrogen (secondary N) is 1. The summed E-state index contributed by atoms with van der Waals surface area (Å²) in [5.74, 6) is 0. The van der Waals surface area contributed by atoms with Crippen LogP contribution in [0.15, 0.2) is 39.6 Å². The van der Waals surface area contributed by atoms with Gasteiger partial charge in [-0.25, -0.2) is 4.79 Å². The molecule has 1 N–H and O–H groups in total. The summed E-state index contributed by atoms with van der Waals surface area (Å²) in [6, 6.07) is 7.94. The van der Waals surface area contributed by atoms with Crippen LogP contribution in [0.1, 0.15) is 17.0 Å². The fraction of sp³-hybridized carbons (Fsp3) is 0.0769. The van der Waals surface area contributed by atoms with E-state index in [4.69, 9.17) is 0 Å². The van der Waals surface area contributed by atoms with Gasteiger partial charge in [0.25, 0.3) is 0 Å². The van der Waals surface area contributed by atoms with E-state index >= 15 is 0 Å². The fourth-order valence-corrected chi connectivity index (χ4v) is 1.73. The molecule has 0 aliphatic heterocycles.